The second-order valence-corrected chi connectivity index (χ2v) is 12.5. The van der Waals surface area contributed by atoms with Crippen LogP contribution in [0.3, 0.4) is 0 Å². The molecule has 0 aromatic heterocycles. The third-order valence-corrected chi connectivity index (χ3v) is 9.29. The maximum Gasteiger partial charge on any atom is 0.252 e. The van der Waals surface area contributed by atoms with Gasteiger partial charge in [-0.3, -0.25) is 9.59 Å². The molecule has 1 unspecified atom stereocenters. The van der Waals surface area contributed by atoms with Crippen LogP contribution in [0.5, 0.6) is 0 Å². The van der Waals surface area contributed by atoms with Gasteiger partial charge in [-0.25, -0.2) is 4.99 Å². The predicted octanol–water partition coefficient (Wildman–Crippen LogP) is 6.49. The molecule has 1 N–H and O–H groups in total. The highest BCUT2D eigenvalue weighted by Crippen LogP contribution is 2.40. The lowest BCUT2D eigenvalue weighted by atomic mass is 10.0. The second-order valence-electron chi connectivity index (χ2n) is 10.5. The van der Waals surface area contributed by atoms with Gasteiger partial charge in [-0.1, -0.05) is 94.4 Å². The lowest BCUT2D eigenvalue weighted by Gasteiger charge is -2.38. The van der Waals surface area contributed by atoms with Crippen molar-refractivity contribution >= 4 is 51.0 Å². The number of amidine groups is 1. The minimum atomic E-state index is -0.677. The van der Waals surface area contributed by atoms with E-state index < -0.39 is 6.04 Å². The number of fused-ring (bicyclic) bond motifs is 2. The van der Waals surface area contributed by atoms with Crippen LogP contribution >= 0.6 is 27.7 Å². The van der Waals surface area contributed by atoms with E-state index in [4.69, 9.17) is 4.99 Å². The third kappa shape index (κ3) is 6.15. The first-order valence-corrected chi connectivity index (χ1v) is 15.7. The molecule has 6 rings (SSSR count). The average Bonchev–Trinajstić information content (AvgIpc) is 3.19. The number of carbonyl (C=O) groups is 2. The van der Waals surface area contributed by atoms with Gasteiger partial charge in [-0.15, -0.1) is 0 Å². The monoisotopic (exact) mass is 638 g/mol. The Morgan fingerprint density at radius 3 is 2.36 bits per heavy atom. The normalized spacial score (nSPS) is 15.1. The molecule has 6 nitrogen and oxygen atoms in total. The molecule has 2 amide bonds. The number of piperazine rings is 1. The minimum absolute atomic E-state index is 0.0661. The number of nitrogens with one attached hydrogen (secondary N) is 1. The highest BCUT2D eigenvalue weighted by Gasteiger charge is 2.31. The fourth-order valence-corrected chi connectivity index (χ4v) is 6.77. The standard InChI is InChI=1S/C34H31BrN4O2S/c1-23-15-16-25(35)22-27(23)33(40)37-29(21-24-9-3-2-4-10-24)34(41)39-19-17-38(18-20-39)32-26-11-5-7-13-30(26)42-31-14-8-6-12-28(31)36-32/h2-16,22,29H,17-21H2,1H3,(H,37,40). The van der Waals surface area contributed by atoms with E-state index in [1.807, 2.05) is 66.4 Å². The molecule has 1 fully saturated rings. The molecule has 0 radical (unpaired) electrons. The quantitative estimate of drug-likeness (QED) is 0.272. The van der Waals surface area contributed by atoms with Gasteiger partial charge in [0.2, 0.25) is 5.91 Å². The average molecular weight is 640 g/mol. The highest BCUT2D eigenvalue weighted by molar-refractivity contribution is 9.10. The number of halogens is 1. The second kappa shape index (κ2) is 12.5. The molecule has 8 heteroatoms. The highest BCUT2D eigenvalue weighted by atomic mass is 79.9. The zero-order chi connectivity index (χ0) is 29.1. The van der Waals surface area contributed by atoms with Crippen LogP contribution in [0.25, 0.3) is 0 Å². The van der Waals surface area contributed by atoms with E-state index in [1.165, 1.54) is 4.90 Å². The summed E-state index contributed by atoms with van der Waals surface area (Å²) in [7, 11) is 0. The molecular weight excluding hydrogens is 608 g/mol. The summed E-state index contributed by atoms with van der Waals surface area (Å²) in [5, 5.41) is 3.06. The topological polar surface area (TPSA) is 65.0 Å². The molecular formula is C34H31BrN4O2S. The first kappa shape index (κ1) is 28.2. The van der Waals surface area contributed by atoms with Crippen LogP contribution in [-0.2, 0) is 11.2 Å². The Kier molecular flexibility index (Phi) is 8.44. The van der Waals surface area contributed by atoms with Gasteiger partial charge in [0.1, 0.15) is 11.9 Å². The number of aliphatic imine (C=N–C) groups is 1. The number of para-hydroxylation sites is 1. The van der Waals surface area contributed by atoms with Gasteiger partial charge in [0.05, 0.1) is 5.69 Å². The van der Waals surface area contributed by atoms with E-state index in [2.05, 4.69) is 62.5 Å². The minimum Gasteiger partial charge on any atom is -0.353 e. The van der Waals surface area contributed by atoms with Crippen molar-refractivity contribution in [1.29, 1.82) is 0 Å². The molecule has 1 saturated heterocycles. The van der Waals surface area contributed by atoms with Gasteiger partial charge in [0, 0.05) is 58.0 Å². The van der Waals surface area contributed by atoms with E-state index in [-0.39, 0.29) is 11.8 Å². The van der Waals surface area contributed by atoms with Gasteiger partial charge in [0.15, 0.2) is 0 Å². The molecule has 2 aliphatic rings. The molecule has 0 spiro atoms. The fraction of sp³-hybridized carbons (Fsp3) is 0.206. The Bertz CT molecular complexity index is 1650. The summed E-state index contributed by atoms with van der Waals surface area (Å²) < 4.78 is 0.823. The summed E-state index contributed by atoms with van der Waals surface area (Å²) in [6.07, 6.45) is 0.423. The molecule has 2 heterocycles. The smallest absolute Gasteiger partial charge is 0.252 e. The summed E-state index contributed by atoms with van der Waals surface area (Å²) in [4.78, 5) is 38.9. The number of aryl methyl sites for hydroxylation is 1. The lowest BCUT2D eigenvalue weighted by Crippen LogP contribution is -2.56. The summed E-state index contributed by atoms with van der Waals surface area (Å²) in [5.74, 6) is 0.625. The number of hydrogen-bond donors (Lipinski definition) is 1. The molecule has 0 bridgehead atoms. The van der Waals surface area contributed by atoms with E-state index in [9.17, 15) is 9.59 Å². The molecule has 42 heavy (non-hydrogen) atoms. The number of rotatable bonds is 5. The largest absolute Gasteiger partial charge is 0.353 e. The van der Waals surface area contributed by atoms with E-state index >= 15 is 0 Å². The molecule has 4 aromatic rings. The van der Waals surface area contributed by atoms with Crippen LogP contribution in [-0.4, -0.2) is 59.7 Å². The first-order valence-electron chi connectivity index (χ1n) is 14.1. The maximum absolute atomic E-state index is 14.0. The van der Waals surface area contributed by atoms with Crippen molar-refractivity contribution < 1.29 is 9.59 Å². The number of benzene rings is 4. The summed E-state index contributed by atoms with van der Waals surface area (Å²) >= 11 is 5.21. The Morgan fingerprint density at radius 2 is 1.57 bits per heavy atom. The Hall–Kier alpha value is -3.88. The van der Waals surface area contributed by atoms with Gasteiger partial charge in [-0.05, 0) is 48.4 Å². The van der Waals surface area contributed by atoms with Gasteiger partial charge in [0.25, 0.3) is 5.91 Å². The Morgan fingerprint density at radius 1 is 0.881 bits per heavy atom. The summed E-state index contributed by atoms with van der Waals surface area (Å²) in [6, 6.07) is 31.4. The van der Waals surface area contributed by atoms with E-state index in [0.29, 0.717) is 38.2 Å². The number of hydrogen-bond acceptors (Lipinski definition) is 5. The summed E-state index contributed by atoms with van der Waals surface area (Å²) in [6.45, 7) is 4.31. The van der Waals surface area contributed by atoms with Crippen molar-refractivity contribution in [3.63, 3.8) is 0 Å². The van der Waals surface area contributed by atoms with Gasteiger partial charge in [-0.2, -0.15) is 0 Å². The van der Waals surface area contributed by atoms with Crippen LogP contribution in [0.4, 0.5) is 5.69 Å². The van der Waals surface area contributed by atoms with Crippen molar-refractivity contribution in [2.75, 3.05) is 26.2 Å². The van der Waals surface area contributed by atoms with Crippen molar-refractivity contribution in [3.8, 4) is 0 Å². The SMILES string of the molecule is Cc1ccc(Br)cc1C(=O)NC(Cc1ccccc1)C(=O)N1CCN(C2=Nc3ccccc3Sc3ccccc32)CC1. The molecule has 212 valence electrons. The lowest BCUT2D eigenvalue weighted by molar-refractivity contribution is -0.134. The van der Waals surface area contributed by atoms with Gasteiger partial charge >= 0.3 is 0 Å². The number of nitrogens with zero attached hydrogens (tertiary/aromatic N) is 3. The van der Waals surface area contributed by atoms with Crippen LogP contribution in [0.1, 0.15) is 27.0 Å². The number of amides is 2. The Labute approximate surface area is 259 Å². The number of carbonyl (C=O) groups excluding carboxylic acids is 2. The Balaban J connectivity index is 1.21. The molecule has 1 atom stereocenters. The maximum atomic E-state index is 14.0. The van der Waals surface area contributed by atoms with Crippen LogP contribution < -0.4 is 5.32 Å². The zero-order valence-corrected chi connectivity index (χ0v) is 25.7. The molecule has 0 saturated carbocycles. The zero-order valence-electron chi connectivity index (χ0n) is 23.3. The van der Waals surface area contributed by atoms with Crippen LogP contribution in [0.2, 0.25) is 0 Å². The van der Waals surface area contributed by atoms with E-state index in [0.717, 1.165) is 37.6 Å². The van der Waals surface area contributed by atoms with Gasteiger partial charge < -0.3 is 15.1 Å². The molecule has 2 aliphatic heterocycles. The summed E-state index contributed by atoms with van der Waals surface area (Å²) in [5.41, 5.74) is 4.49. The van der Waals surface area contributed by atoms with Crippen molar-refractivity contribution in [2.24, 2.45) is 4.99 Å². The fourth-order valence-electron chi connectivity index (χ4n) is 5.39. The predicted molar refractivity (Wildman–Crippen MR) is 172 cm³/mol. The first-order chi connectivity index (χ1) is 20.5. The van der Waals surface area contributed by atoms with E-state index in [1.54, 1.807) is 17.8 Å². The third-order valence-electron chi connectivity index (χ3n) is 7.66. The molecule has 4 aromatic carbocycles. The van der Waals surface area contributed by atoms with Crippen LogP contribution in [0, 0.1) is 6.92 Å². The van der Waals surface area contributed by atoms with Crippen molar-refractivity contribution in [2.45, 2.75) is 29.2 Å². The van der Waals surface area contributed by atoms with Crippen molar-refractivity contribution in [1.82, 2.24) is 15.1 Å². The van der Waals surface area contributed by atoms with Crippen LogP contribution in [0.15, 0.2) is 116 Å². The molecule has 0 aliphatic carbocycles. The van der Waals surface area contributed by atoms with Crippen molar-refractivity contribution in [3.05, 3.63) is 124 Å².